The van der Waals surface area contributed by atoms with E-state index >= 15 is 0 Å². The number of carbonyl (C=O) groups excluding carboxylic acids is 1. The summed E-state index contributed by atoms with van der Waals surface area (Å²) in [5, 5.41) is 6.26. The van der Waals surface area contributed by atoms with Crippen molar-refractivity contribution in [3.63, 3.8) is 0 Å². The normalized spacial score (nSPS) is 9.69. The second-order valence-electron chi connectivity index (χ2n) is 2.53. The van der Waals surface area contributed by atoms with Gasteiger partial charge in [0.2, 0.25) is 0 Å². The molecule has 0 radical (unpaired) electrons. The average molecular weight is 181 g/mol. The minimum Gasteiger partial charge on any atom is -0.352 e. The number of hydrogen-bond donors (Lipinski definition) is 1. The first kappa shape index (κ1) is 9.44. The number of aryl methyl sites for hydroxylation is 1. The van der Waals surface area contributed by atoms with Crippen LogP contribution in [0.3, 0.4) is 0 Å². The maximum atomic E-state index is 11.3. The van der Waals surface area contributed by atoms with Gasteiger partial charge in [-0.2, -0.15) is 5.10 Å². The van der Waals surface area contributed by atoms with Crippen LogP contribution in [0.4, 0.5) is 0 Å². The monoisotopic (exact) mass is 181 g/mol. The van der Waals surface area contributed by atoms with Crippen molar-refractivity contribution in [1.82, 2.24) is 15.1 Å². The summed E-state index contributed by atoms with van der Waals surface area (Å²) in [6.07, 6.45) is 1.42. The van der Waals surface area contributed by atoms with Gasteiger partial charge in [-0.05, 0) is 13.0 Å². The van der Waals surface area contributed by atoms with Crippen LogP contribution in [0, 0.1) is 0 Å². The van der Waals surface area contributed by atoms with E-state index in [-0.39, 0.29) is 17.0 Å². The fraction of sp³-hybridized carbons (Fsp3) is 0.375. The standard InChI is InChI=1S/C8H11N3O2/c1-3-9-7(12)6-4-5-10-11(2)8(6)13/h4-5H,3H2,1-2H3,(H,9,12). The minimum absolute atomic E-state index is 0.124. The quantitative estimate of drug-likeness (QED) is 0.670. The fourth-order valence-electron chi connectivity index (χ4n) is 0.935. The number of rotatable bonds is 2. The molecule has 0 aliphatic rings. The van der Waals surface area contributed by atoms with Crippen molar-refractivity contribution < 1.29 is 4.79 Å². The van der Waals surface area contributed by atoms with E-state index in [4.69, 9.17) is 0 Å². The van der Waals surface area contributed by atoms with Crippen LogP contribution in [-0.4, -0.2) is 22.2 Å². The van der Waals surface area contributed by atoms with Crippen molar-refractivity contribution >= 4 is 5.91 Å². The van der Waals surface area contributed by atoms with Gasteiger partial charge in [0, 0.05) is 19.8 Å². The van der Waals surface area contributed by atoms with E-state index in [2.05, 4.69) is 10.4 Å². The first-order valence-corrected chi connectivity index (χ1v) is 3.97. The van der Waals surface area contributed by atoms with Gasteiger partial charge in [0.05, 0.1) is 0 Å². The van der Waals surface area contributed by atoms with Crippen LogP contribution >= 0.6 is 0 Å². The Hall–Kier alpha value is -1.65. The molecule has 70 valence electrons. The SMILES string of the molecule is CCNC(=O)c1ccnn(C)c1=O. The lowest BCUT2D eigenvalue weighted by Gasteiger charge is -2.01. The second-order valence-corrected chi connectivity index (χ2v) is 2.53. The summed E-state index contributed by atoms with van der Waals surface area (Å²) >= 11 is 0. The molecule has 0 aromatic carbocycles. The van der Waals surface area contributed by atoms with E-state index in [9.17, 15) is 9.59 Å². The lowest BCUT2D eigenvalue weighted by molar-refractivity contribution is 0.0953. The van der Waals surface area contributed by atoms with Gasteiger partial charge in [0.15, 0.2) is 0 Å². The predicted molar refractivity (Wildman–Crippen MR) is 47.5 cm³/mol. The van der Waals surface area contributed by atoms with Crippen LogP contribution in [0.1, 0.15) is 17.3 Å². The Labute approximate surface area is 75.4 Å². The van der Waals surface area contributed by atoms with E-state index in [1.807, 2.05) is 0 Å². The Kier molecular flexibility index (Phi) is 2.79. The highest BCUT2D eigenvalue weighted by molar-refractivity contribution is 5.93. The molecule has 5 heteroatoms. The molecule has 0 unspecified atom stereocenters. The van der Waals surface area contributed by atoms with Crippen LogP contribution in [0.5, 0.6) is 0 Å². The van der Waals surface area contributed by atoms with Crippen LogP contribution < -0.4 is 10.9 Å². The van der Waals surface area contributed by atoms with Crippen molar-refractivity contribution in [1.29, 1.82) is 0 Å². The Bertz CT molecular complexity index is 370. The third-order valence-corrected chi connectivity index (χ3v) is 1.59. The summed E-state index contributed by atoms with van der Waals surface area (Å²) in [4.78, 5) is 22.6. The Balaban J connectivity index is 3.08. The van der Waals surface area contributed by atoms with E-state index in [1.165, 1.54) is 19.3 Å². The van der Waals surface area contributed by atoms with Gasteiger partial charge >= 0.3 is 0 Å². The third-order valence-electron chi connectivity index (χ3n) is 1.59. The molecule has 0 aliphatic carbocycles. The zero-order chi connectivity index (χ0) is 9.84. The van der Waals surface area contributed by atoms with Crippen molar-refractivity contribution in [2.75, 3.05) is 6.54 Å². The highest BCUT2D eigenvalue weighted by Crippen LogP contribution is 1.87. The number of nitrogens with zero attached hydrogens (tertiary/aromatic N) is 2. The maximum Gasteiger partial charge on any atom is 0.279 e. The summed E-state index contributed by atoms with van der Waals surface area (Å²) in [5.74, 6) is -0.356. The summed E-state index contributed by atoms with van der Waals surface area (Å²) in [6, 6.07) is 1.41. The first-order chi connectivity index (χ1) is 6.16. The molecule has 0 atom stereocenters. The van der Waals surface area contributed by atoms with Crippen LogP contribution in [-0.2, 0) is 7.05 Å². The Morgan fingerprint density at radius 1 is 1.69 bits per heavy atom. The second kappa shape index (κ2) is 3.84. The molecule has 0 saturated heterocycles. The molecule has 0 spiro atoms. The first-order valence-electron chi connectivity index (χ1n) is 3.97. The van der Waals surface area contributed by atoms with Crippen LogP contribution in [0.15, 0.2) is 17.1 Å². The molecule has 1 rings (SSSR count). The molecule has 1 aromatic rings. The van der Waals surface area contributed by atoms with Crippen LogP contribution in [0.25, 0.3) is 0 Å². The smallest absolute Gasteiger partial charge is 0.279 e. The molecule has 1 aromatic heterocycles. The predicted octanol–water partition coefficient (Wildman–Crippen LogP) is -0.470. The maximum absolute atomic E-state index is 11.3. The molecule has 1 heterocycles. The minimum atomic E-state index is -0.381. The zero-order valence-electron chi connectivity index (χ0n) is 7.57. The fourth-order valence-corrected chi connectivity index (χ4v) is 0.935. The number of aromatic nitrogens is 2. The van der Waals surface area contributed by atoms with E-state index in [1.54, 1.807) is 6.92 Å². The lowest BCUT2D eigenvalue weighted by Crippen LogP contribution is -2.32. The Morgan fingerprint density at radius 2 is 2.38 bits per heavy atom. The molecular formula is C8H11N3O2. The highest BCUT2D eigenvalue weighted by atomic mass is 16.2. The molecule has 1 amide bonds. The summed E-state index contributed by atoms with van der Waals surface area (Å²) < 4.78 is 1.13. The number of hydrogen-bond acceptors (Lipinski definition) is 3. The van der Waals surface area contributed by atoms with Gasteiger partial charge in [-0.3, -0.25) is 9.59 Å². The highest BCUT2D eigenvalue weighted by Gasteiger charge is 2.09. The van der Waals surface area contributed by atoms with Gasteiger partial charge in [-0.1, -0.05) is 0 Å². The number of nitrogens with one attached hydrogen (secondary N) is 1. The third kappa shape index (κ3) is 1.93. The van der Waals surface area contributed by atoms with Gasteiger partial charge in [-0.25, -0.2) is 4.68 Å². The summed E-state index contributed by atoms with van der Waals surface area (Å²) in [6.45, 7) is 2.30. The van der Waals surface area contributed by atoms with Crippen molar-refractivity contribution in [3.05, 3.63) is 28.2 Å². The van der Waals surface area contributed by atoms with E-state index in [0.717, 1.165) is 4.68 Å². The molecule has 0 bridgehead atoms. The topological polar surface area (TPSA) is 64.0 Å². The molecule has 0 saturated carbocycles. The van der Waals surface area contributed by atoms with Crippen molar-refractivity contribution in [2.24, 2.45) is 7.05 Å². The lowest BCUT2D eigenvalue weighted by atomic mass is 10.3. The van der Waals surface area contributed by atoms with Crippen LogP contribution in [0.2, 0.25) is 0 Å². The summed E-state index contributed by atoms with van der Waals surface area (Å²) in [5.41, 5.74) is -0.257. The van der Waals surface area contributed by atoms with E-state index < -0.39 is 0 Å². The van der Waals surface area contributed by atoms with Gasteiger partial charge < -0.3 is 5.32 Å². The molecular weight excluding hydrogens is 170 g/mol. The molecule has 13 heavy (non-hydrogen) atoms. The number of carbonyl (C=O) groups is 1. The summed E-state index contributed by atoms with van der Waals surface area (Å²) in [7, 11) is 1.51. The largest absolute Gasteiger partial charge is 0.352 e. The molecule has 0 aliphatic heterocycles. The van der Waals surface area contributed by atoms with Gasteiger partial charge in [0.25, 0.3) is 11.5 Å². The molecule has 0 fully saturated rings. The number of amides is 1. The average Bonchev–Trinajstić information content (AvgIpc) is 2.10. The molecule has 5 nitrogen and oxygen atoms in total. The van der Waals surface area contributed by atoms with Gasteiger partial charge in [-0.15, -0.1) is 0 Å². The Morgan fingerprint density at radius 3 is 3.00 bits per heavy atom. The van der Waals surface area contributed by atoms with E-state index in [0.29, 0.717) is 6.54 Å². The van der Waals surface area contributed by atoms with Crippen molar-refractivity contribution in [2.45, 2.75) is 6.92 Å². The van der Waals surface area contributed by atoms with Gasteiger partial charge in [0.1, 0.15) is 5.56 Å². The zero-order valence-corrected chi connectivity index (χ0v) is 7.57. The van der Waals surface area contributed by atoms with Crippen molar-refractivity contribution in [3.8, 4) is 0 Å². The molecule has 1 N–H and O–H groups in total.